The third-order valence-electron chi connectivity index (χ3n) is 6.39. The van der Waals surface area contributed by atoms with Crippen LogP contribution in [-0.2, 0) is 0 Å². The SMILES string of the molecule is O=[N+]([O-])c1ccc2c(C3CCN(C[C@H](O)COc4cccc5[nH]ccc45)CC3)c[nH]c2c1. The van der Waals surface area contributed by atoms with Gasteiger partial charge < -0.3 is 24.7 Å². The molecule has 4 aromatic rings. The van der Waals surface area contributed by atoms with Crippen LogP contribution in [-0.4, -0.2) is 57.2 Å². The molecule has 0 unspecified atom stereocenters. The van der Waals surface area contributed by atoms with Crippen LogP contribution in [0.2, 0.25) is 0 Å². The van der Waals surface area contributed by atoms with Gasteiger partial charge >= 0.3 is 0 Å². The third kappa shape index (κ3) is 4.06. The van der Waals surface area contributed by atoms with Crippen LogP contribution in [0.3, 0.4) is 0 Å². The maximum absolute atomic E-state index is 11.0. The number of non-ortho nitro benzene ring substituents is 1. The zero-order valence-electron chi connectivity index (χ0n) is 17.7. The van der Waals surface area contributed by atoms with Crippen LogP contribution in [0.5, 0.6) is 5.75 Å². The number of aromatic amines is 2. The van der Waals surface area contributed by atoms with E-state index in [1.54, 1.807) is 12.1 Å². The molecule has 2 aromatic heterocycles. The Morgan fingerprint density at radius 2 is 1.97 bits per heavy atom. The Kier molecular flexibility index (Phi) is 5.55. The molecule has 32 heavy (non-hydrogen) atoms. The fraction of sp³-hybridized carbons (Fsp3) is 0.333. The first-order valence-electron chi connectivity index (χ1n) is 10.9. The second kappa shape index (κ2) is 8.64. The van der Waals surface area contributed by atoms with Crippen molar-refractivity contribution in [3.05, 3.63) is 70.5 Å². The highest BCUT2D eigenvalue weighted by Gasteiger charge is 2.24. The highest BCUT2D eigenvalue weighted by Crippen LogP contribution is 2.34. The first-order chi connectivity index (χ1) is 15.6. The molecule has 2 aromatic carbocycles. The quantitative estimate of drug-likeness (QED) is 0.299. The molecule has 1 aliphatic heterocycles. The Hall–Kier alpha value is -3.36. The van der Waals surface area contributed by atoms with E-state index in [1.165, 1.54) is 5.56 Å². The molecule has 8 nitrogen and oxygen atoms in total. The molecular weight excluding hydrogens is 408 g/mol. The molecular formula is C24H26N4O4. The van der Waals surface area contributed by atoms with Gasteiger partial charge in [-0.3, -0.25) is 10.1 Å². The van der Waals surface area contributed by atoms with Crippen LogP contribution in [0.4, 0.5) is 5.69 Å². The van der Waals surface area contributed by atoms with Crippen LogP contribution in [0.1, 0.15) is 24.3 Å². The summed E-state index contributed by atoms with van der Waals surface area (Å²) in [5, 5.41) is 23.6. The number of piperidine rings is 1. The number of aliphatic hydroxyl groups excluding tert-OH is 1. The monoisotopic (exact) mass is 434 g/mol. The van der Waals surface area contributed by atoms with Crippen molar-refractivity contribution in [3.8, 4) is 5.75 Å². The summed E-state index contributed by atoms with van der Waals surface area (Å²) < 4.78 is 5.89. The molecule has 1 saturated heterocycles. The van der Waals surface area contributed by atoms with Crippen molar-refractivity contribution in [2.45, 2.75) is 24.9 Å². The van der Waals surface area contributed by atoms with Gasteiger partial charge in [-0.15, -0.1) is 0 Å². The van der Waals surface area contributed by atoms with Crippen molar-refractivity contribution in [2.24, 2.45) is 0 Å². The number of β-amino-alcohol motifs (C(OH)–C–C–N with tert-alkyl or cyclic N) is 1. The number of nitro benzene ring substituents is 1. The molecule has 1 atom stereocenters. The molecule has 166 valence electrons. The fourth-order valence-corrected chi connectivity index (χ4v) is 4.73. The highest BCUT2D eigenvalue weighted by molar-refractivity contribution is 5.86. The van der Waals surface area contributed by atoms with Crippen molar-refractivity contribution in [1.29, 1.82) is 0 Å². The number of ether oxygens (including phenoxy) is 1. The minimum absolute atomic E-state index is 0.102. The summed E-state index contributed by atoms with van der Waals surface area (Å²) in [6.45, 7) is 2.63. The van der Waals surface area contributed by atoms with Gasteiger partial charge in [-0.25, -0.2) is 0 Å². The van der Waals surface area contributed by atoms with Crippen LogP contribution >= 0.6 is 0 Å². The Labute approximate surface area is 185 Å². The maximum atomic E-state index is 11.0. The standard InChI is InChI=1S/C24H26N4O4/c29-18(15-32-24-3-1-2-22-20(24)6-9-25-22)14-27-10-7-16(8-11-27)21-13-26-23-12-17(28(30)31)4-5-19(21)23/h1-6,9,12-13,16,18,25-26,29H,7-8,10-11,14-15H2/t18-/m0/s1. The lowest BCUT2D eigenvalue weighted by Crippen LogP contribution is -2.40. The normalized spacial score (nSPS) is 16.5. The number of likely N-dealkylation sites (tertiary alicyclic amines) is 1. The van der Waals surface area contributed by atoms with Crippen molar-refractivity contribution < 1.29 is 14.8 Å². The van der Waals surface area contributed by atoms with E-state index in [1.807, 2.05) is 42.7 Å². The van der Waals surface area contributed by atoms with Gasteiger partial charge in [-0.1, -0.05) is 6.07 Å². The predicted octanol–water partition coefficient (Wildman–Crippen LogP) is 4.18. The summed E-state index contributed by atoms with van der Waals surface area (Å²) in [5.41, 5.74) is 3.15. The molecule has 3 heterocycles. The van der Waals surface area contributed by atoms with Crippen molar-refractivity contribution in [1.82, 2.24) is 14.9 Å². The summed E-state index contributed by atoms with van der Waals surface area (Å²) in [6.07, 6.45) is 5.28. The van der Waals surface area contributed by atoms with Crippen molar-refractivity contribution >= 4 is 27.5 Å². The number of H-pyrrole nitrogens is 2. The number of hydrogen-bond acceptors (Lipinski definition) is 5. The molecule has 3 N–H and O–H groups in total. The number of nitrogens with zero attached hydrogens (tertiary/aromatic N) is 2. The van der Waals surface area contributed by atoms with Gasteiger partial charge in [0.15, 0.2) is 0 Å². The molecule has 0 spiro atoms. The minimum atomic E-state index is -0.561. The van der Waals surface area contributed by atoms with E-state index in [0.717, 1.165) is 53.5 Å². The number of nitro groups is 1. The smallest absolute Gasteiger partial charge is 0.271 e. The van der Waals surface area contributed by atoms with E-state index in [-0.39, 0.29) is 17.2 Å². The lowest BCUT2D eigenvalue weighted by atomic mass is 9.89. The van der Waals surface area contributed by atoms with Gasteiger partial charge in [0.05, 0.1) is 10.4 Å². The summed E-state index contributed by atoms with van der Waals surface area (Å²) in [5.74, 6) is 1.18. The zero-order chi connectivity index (χ0) is 22.1. The molecule has 5 rings (SSSR count). The summed E-state index contributed by atoms with van der Waals surface area (Å²) >= 11 is 0. The zero-order valence-corrected chi connectivity index (χ0v) is 17.7. The fourth-order valence-electron chi connectivity index (χ4n) is 4.73. The number of aliphatic hydroxyl groups is 1. The predicted molar refractivity (Wildman–Crippen MR) is 123 cm³/mol. The van der Waals surface area contributed by atoms with E-state index in [0.29, 0.717) is 12.5 Å². The average Bonchev–Trinajstić information content (AvgIpc) is 3.45. The van der Waals surface area contributed by atoms with Crippen LogP contribution in [0, 0.1) is 10.1 Å². The number of nitrogens with one attached hydrogen (secondary N) is 2. The van der Waals surface area contributed by atoms with E-state index in [2.05, 4.69) is 14.9 Å². The molecule has 0 amide bonds. The van der Waals surface area contributed by atoms with Gasteiger partial charge in [-0.2, -0.15) is 0 Å². The number of benzene rings is 2. The van der Waals surface area contributed by atoms with Gasteiger partial charge in [0.2, 0.25) is 0 Å². The highest BCUT2D eigenvalue weighted by atomic mass is 16.6. The lowest BCUT2D eigenvalue weighted by Gasteiger charge is -2.33. The average molecular weight is 434 g/mol. The Balaban J connectivity index is 1.15. The van der Waals surface area contributed by atoms with Crippen LogP contribution in [0.25, 0.3) is 21.8 Å². The van der Waals surface area contributed by atoms with Crippen molar-refractivity contribution in [3.63, 3.8) is 0 Å². The van der Waals surface area contributed by atoms with Gasteiger partial charge in [-0.05, 0) is 61.7 Å². The minimum Gasteiger partial charge on any atom is -0.490 e. The lowest BCUT2D eigenvalue weighted by molar-refractivity contribution is -0.384. The molecule has 0 aliphatic carbocycles. The van der Waals surface area contributed by atoms with Crippen LogP contribution < -0.4 is 4.74 Å². The Morgan fingerprint density at radius 1 is 1.12 bits per heavy atom. The van der Waals surface area contributed by atoms with E-state index < -0.39 is 6.10 Å². The molecule has 8 heteroatoms. The molecule has 1 fully saturated rings. The molecule has 0 radical (unpaired) electrons. The number of fused-ring (bicyclic) bond motifs is 2. The Bertz CT molecular complexity index is 1240. The second-order valence-electron chi connectivity index (χ2n) is 8.47. The first-order valence-corrected chi connectivity index (χ1v) is 10.9. The topological polar surface area (TPSA) is 107 Å². The number of rotatable bonds is 7. The maximum Gasteiger partial charge on any atom is 0.271 e. The second-order valence-corrected chi connectivity index (χ2v) is 8.47. The van der Waals surface area contributed by atoms with E-state index in [9.17, 15) is 15.2 Å². The van der Waals surface area contributed by atoms with Gasteiger partial charge in [0, 0.05) is 47.4 Å². The summed E-state index contributed by atoms with van der Waals surface area (Å²) in [7, 11) is 0. The largest absolute Gasteiger partial charge is 0.490 e. The van der Waals surface area contributed by atoms with E-state index in [4.69, 9.17) is 4.74 Å². The van der Waals surface area contributed by atoms with Crippen molar-refractivity contribution in [2.75, 3.05) is 26.2 Å². The van der Waals surface area contributed by atoms with Gasteiger partial charge in [0.25, 0.3) is 5.69 Å². The first kappa shape index (κ1) is 20.5. The Morgan fingerprint density at radius 3 is 2.78 bits per heavy atom. The third-order valence-corrected chi connectivity index (χ3v) is 6.39. The number of hydrogen-bond donors (Lipinski definition) is 3. The van der Waals surface area contributed by atoms with E-state index >= 15 is 0 Å². The van der Waals surface area contributed by atoms with Gasteiger partial charge in [0.1, 0.15) is 18.5 Å². The molecule has 1 aliphatic rings. The molecule has 0 bridgehead atoms. The molecule has 0 saturated carbocycles. The van der Waals surface area contributed by atoms with Crippen LogP contribution in [0.15, 0.2) is 54.9 Å². The summed E-state index contributed by atoms with van der Waals surface area (Å²) in [6, 6.07) is 12.8. The number of aromatic nitrogens is 2. The summed E-state index contributed by atoms with van der Waals surface area (Å²) in [4.78, 5) is 19.3.